The van der Waals surface area contributed by atoms with Crippen molar-refractivity contribution in [3.05, 3.63) is 10.4 Å². The van der Waals surface area contributed by atoms with Crippen LogP contribution in [0.4, 0.5) is 0 Å². The largest absolute Gasteiger partial charge is 0.506 e. The highest BCUT2D eigenvalue weighted by molar-refractivity contribution is 7.94. The molecule has 23 heavy (non-hydrogen) atoms. The van der Waals surface area contributed by atoms with Crippen molar-refractivity contribution < 1.29 is 39.1 Å². The topological polar surface area (TPSA) is 168 Å². The van der Waals surface area contributed by atoms with Crippen molar-refractivity contribution in [3.8, 4) is 5.75 Å². The fraction of sp³-hybridized carbons (Fsp3) is 0.667. The van der Waals surface area contributed by atoms with E-state index in [1.54, 1.807) is 0 Å². The van der Waals surface area contributed by atoms with Crippen molar-refractivity contribution in [2.24, 2.45) is 0 Å². The van der Waals surface area contributed by atoms with Gasteiger partial charge < -0.3 is 30.6 Å². The van der Waals surface area contributed by atoms with Crippen LogP contribution in [0.5, 0.6) is 5.75 Å². The van der Waals surface area contributed by atoms with E-state index in [2.05, 4.69) is 5.32 Å². The minimum Gasteiger partial charge on any atom is -0.506 e. The van der Waals surface area contributed by atoms with Crippen molar-refractivity contribution in [2.75, 3.05) is 6.54 Å². The molecule has 0 aromatic carbocycles. The van der Waals surface area contributed by atoms with Gasteiger partial charge in [-0.15, -0.1) is 11.3 Å². The highest BCUT2D eigenvalue weighted by atomic mass is 32.2. The Kier molecular flexibility index (Phi) is 4.11. The highest BCUT2D eigenvalue weighted by Crippen LogP contribution is 2.53. The third-order valence-electron chi connectivity index (χ3n) is 3.84. The monoisotopic (exact) mass is 369 g/mol. The standard InChI is InChI=1S/C12H19NO8S2/c1-5-7(14)6-8(13-4-10(2,15)16)12(18,19)11(3,17)23(20,21)9(6)22-5/h8,13-19H,4H2,1-3H3. The van der Waals surface area contributed by atoms with Gasteiger partial charge in [-0.3, -0.25) is 5.32 Å². The number of aliphatic hydroxyl groups is 5. The number of thiophene rings is 1. The van der Waals surface area contributed by atoms with Crippen LogP contribution in [0.2, 0.25) is 0 Å². The van der Waals surface area contributed by atoms with Crippen molar-refractivity contribution in [3.63, 3.8) is 0 Å². The van der Waals surface area contributed by atoms with E-state index >= 15 is 0 Å². The van der Waals surface area contributed by atoms with Crippen LogP contribution in [0.25, 0.3) is 0 Å². The van der Waals surface area contributed by atoms with E-state index in [0.717, 1.165) is 13.8 Å². The number of aryl methyl sites for hydroxylation is 1. The second-order valence-corrected chi connectivity index (χ2v) is 9.64. The van der Waals surface area contributed by atoms with E-state index in [0.29, 0.717) is 11.3 Å². The van der Waals surface area contributed by atoms with Gasteiger partial charge in [0.15, 0.2) is 5.79 Å². The first kappa shape index (κ1) is 18.5. The van der Waals surface area contributed by atoms with Crippen LogP contribution in [0.3, 0.4) is 0 Å². The SMILES string of the molecule is Cc1sc2c(c1O)C(NCC(C)(O)O)C(O)(O)C(C)(O)S2(=O)=O. The Morgan fingerprint density at radius 1 is 1.30 bits per heavy atom. The van der Waals surface area contributed by atoms with E-state index in [-0.39, 0.29) is 10.4 Å². The molecule has 2 heterocycles. The van der Waals surface area contributed by atoms with Crippen molar-refractivity contribution in [1.29, 1.82) is 0 Å². The third-order valence-corrected chi connectivity index (χ3v) is 7.70. The number of nitrogens with one attached hydrogen (secondary N) is 1. The molecule has 2 atom stereocenters. The van der Waals surface area contributed by atoms with Crippen LogP contribution < -0.4 is 5.32 Å². The lowest BCUT2D eigenvalue weighted by Crippen LogP contribution is -2.66. The Morgan fingerprint density at radius 3 is 2.30 bits per heavy atom. The molecule has 1 aliphatic rings. The second kappa shape index (κ2) is 5.10. The fourth-order valence-electron chi connectivity index (χ4n) is 2.37. The average molecular weight is 369 g/mol. The molecule has 0 saturated carbocycles. The van der Waals surface area contributed by atoms with Crippen LogP contribution in [-0.2, 0) is 9.84 Å². The summed E-state index contributed by atoms with van der Waals surface area (Å²) in [6, 6.07) is -1.67. The molecule has 9 nitrogen and oxygen atoms in total. The molecule has 7 N–H and O–H groups in total. The molecule has 132 valence electrons. The Bertz CT molecular complexity index is 729. The van der Waals surface area contributed by atoms with Crippen molar-refractivity contribution in [2.45, 2.75) is 47.5 Å². The lowest BCUT2D eigenvalue weighted by molar-refractivity contribution is -0.261. The molecule has 0 bridgehead atoms. The lowest BCUT2D eigenvalue weighted by atomic mass is 9.94. The molecule has 0 amide bonds. The molecule has 0 saturated heterocycles. The molecule has 11 heteroatoms. The lowest BCUT2D eigenvalue weighted by Gasteiger charge is -2.45. The first-order chi connectivity index (χ1) is 10.1. The van der Waals surface area contributed by atoms with Gasteiger partial charge in [-0.05, 0) is 20.8 Å². The number of hydrogen-bond acceptors (Lipinski definition) is 10. The van der Waals surface area contributed by atoms with Crippen molar-refractivity contribution >= 4 is 21.2 Å². The van der Waals surface area contributed by atoms with Gasteiger partial charge in [-0.25, -0.2) is 8.42 Å². The summed E-state index contributed by atoms with van der Waals surface area (Å²) in [6.45, 7) is 2.60. The molecule has 1 aromatic rings. The maximum atomic E-state index is 12.5. The van der Waals surface area contributed by atoms with Crippen LogP contribution in [0.15, 0.2) is 4.21 Å². The summed E-state index contributed by atoms with van der Waals surface area (Å²) < 4.78 is 24.5. The fourth-order valence-corrected chi connectivity index (χ4v) is 5.86. The molecule has 1 aromatic heterocycles. The van der Waals surface area contributed by atoms with E-state index in [9.17, 15) is 39.1 Å². The molecule has 0 radical (unpaired) electrons. The van der Waals surface area contributed by atoms with Gasteiger partial charge in [-0.1, -0.05) is 0 Å². The predicted octanol–water partition coefficient (Wildman–Crippen LogP) is -1.73. The van der Waals surface area contributed by atoms with Gasteiger partial charge in [0.05, 0.1) is 6.04 Å². The number of hydrogen-bond donors (Lipinski definition) is 7. The summed E-state index contributed by atoms with van der Waals surface area (Å²) >= 11 is 0.679. The zero-order chi connectivity index (χ0) is 18.0. The third kappa shape index (κ3) is 2.57. The summed E-state index contributed by atoms with van der Waals surface area (Å²) in [7, 11) is -4.57. The van der Waals surface area contributed by atoms with Crippen LogP contribution in [0.1, 0.15) is 30.3 Å². The van der Waals surface area contributed by atoms with E-state index < -0.39 is 48.9 Å². The van der Waals surface area contributed by atoms with E-state index in [1.165, 1.54) is 6.92 Å². The van der Waals surface area contributed by atoms with Gasteiger partial charge in [0.2, 0.25) is 20.6 Å². The summed E-state index contributed by atoms with van der Waals surface area (Å²) in [5, 5.41) is 62.0. The Hall–Kier alpha value is -0.790. The van der Waals surface area contributed by atoms with Crippen LogP contribution in [0, 0.1) is 6.92 Å². The number of rotatable bonds is 3. The highest BCUT2D eigenvalue weighted by Gasteiger charge is 2.65. The zero-order valence-electron chi connectivity index (χ0n) is 12.6. The summed E-state index contributed by atoms with van der Waals surface area (Å²) in [6.07, 6.45) is 0. The van der Waals surface area contributed by atoms with Gasteiger partial charge >= 0.3 is 0 Å². The molecule has 2 unspecified atom stereocenters. The molecule has 1 aliphatic heterocycles. The normalized spacial score (nSPS) is 29.3. The van der Waals surface area contributed by atoms with E-state index in [4.69, 9.17) is 0 Å². The van der Waals surface area contributed by atoms with E-state index in [1.807, 2.05) is 0 Å². The predicted molar refractivity (Wildman–Crippen MR) is 79.3 cm³/mol. The van der Waals surface area contributed by atoms with Crippen LogP contribution >= 0.6 is 11.3 Å². The van der Waals surface area contributed by atoms with Gasteiger partial charge in [0.1, 0.15) is 9.96 Å². The Balaban J connectivity index is 2.70. The maximum absolute atomic E-state index is 12.5. The first-order valence-electron chi connectivity index (χ1n) is 6.56. The molecule has 0 fully saturated rings. The van der Waals surface area contributed by atoms with Gasteiger partial charge in [-0.2, -0.15) is 0 Å². The second-order valence-electron chi connectivity index (χ2n) is 5.95. The maximum Gasteiger partial charge on any atom is 0.228 e. The van der Waals surface area contributed by atoms with Gasteiger partial charge in [0.25, 0.3) is 0 Å². The number of fused-ring (bicyclic) bond motifs is 1. The molecule has 0 spiro atoms. The number of aromatic hydroxyl groups is 1. The summed E-state index contributed by atoms with van der Waals surface area (Å²) in [4.78, 5) is -2.77. The minimum absolute atomic E-state index is 0.203. The average Bonchev–Trinajstić information content (AvgIpc) is 2.65. The molecular formula is C12H19NO8S2. The quantitative estimate of drug-likeness (QED) is 0.306. The summed E-state index contributed by atoms with van der Waals surface area (Å²) in [5.41, 5.74) is -0.326. The van der Waals surface area contributed by atoms with Crippen molar-refractivity contribution in [1.82, 2.24) is 5.32 Å². The Morgan fingerprint density at radius 2 is 1.83 bits per heavy atom. The zero-order valence-corrected chi connectivity index (χ0v) is 14.2. The van der Waals surface area contributed by atoms with Gasteiger partial charge in [0, 0.05) is 17.0 Å². The molecule has 2 rings (SSSR count). The Labute approximate surface area is 136 Å². The smallest absolute Gasteiger partial charge is 0.228 e. The minimum atomic E-state index is -4.57. The summed E-state index contributed by atoms with van der Waals surface area (Å²) in [5.74, 6) is -5.93. The first-order valence-corrected chi connectivity index (χ1v) is 8.86. The molecular weight excluding hydrogens is 350 g/mol. The number of sulfone groups is 1. The van der Waals surface area contributed by atoms with Crippen LogP contribution in [-0.4, -0.2) is 62.1 Å². The molecule has 0 aliphatic carbocycles.